The maximum absolute atomic E-state index is 11.8. The van der Waals surface area contributed by atoms with E-state index in [1.807, 2.05) is 12.1 Å². The third-order valence-corrected chi connectivity index (χ3v) is 5.94. The highest BCUT2D eigenvalue weighted by atomic mass is 32.1. The van der Waals surface area contributed by atoms with Crippen LogP contribution in [0.5, 0.6) is 0 Å². The Morgan fingerprint density at radius 2 is 1.68 bits per heavy atom. The molecule has 31 heavy (non-hydrogen) atoms. The number of piperazine rings is 1. The molecule has 5 nitrogen and oxygen atoms in total. The molecule has 0 aromatic heterocycles. The molecule has 0 atom stereocenters. The predicted molar refractivity (Wildman–Crippen MR) is 129 cm³/mol. The van der Waals surface area contributed by atoms with E-state index in [0.29, 0.717) is 17.3 Å². The van der Waals surface area contributed by atoms with Crippen molar-refractivity contribution in [3.8, 4) is 0 Å². The second kappa shape index (κ2) is 9.90. The third-order valence-electron chi connectivity index (χ3n) is 5.58. The molecule has 0 radical (unpaired) electrons. The average molecular weight is 434 g/mol. The summed E-state index contributed by atoms with van der Waals surface area (Å²) in [5.74, 6) is -0.307. The molecule has 4 rings (SSSR count). The summed E-state index contributed by atoms with van der Waals surface area (Å²) in [6.45, 7) is 6.82. The van der Waals surface area contributed by atoms with Crippen molar-refractivity contribution >= 4 is 39.8 Å². The van der Waals surface area contributed by atoms with Gasteiger partial charge in [0.25, 0.3) is 0 Å². The number of ether oxygens (including phenoxy) is 1. The molecule has 3 aromatic rings. The summed E-state index contributed by atoms with van der Waals surface area (Å²) in [5.41, 5.74) is 2.78. The predicted octanol–water partition coefficient (Wildman–Crippen LogP) is 4.53. The van der Waals surface area contributed by atoms with Gasteiger partial charge in [-0.15, -0.1) is 0 Å². The van der Waals surface area contributed by atoms with E-state index >= 15 is 0 Å². The first-order valence-electron chi connectivity index (χ1n) is 10.7. The van der Waals surface area contributed by atoms with Crippen molar-refractivity contribution in [1.82, 2.24) is 9.80 Å². The van der Waals surface area contributed by atoms with E-state index in [1.165, 1.54) is 16.3 Å². The molecule has 1 N–H and O–H groups in total. The first kappa shape index (κ1) is 21.3. The monoisotopic (exact) mass is 433 g/mol. The van der Waals surface area contributed by atoms with Gasteiger partial charge in [-0.2, -0.15) is 0 Å². The number of fused-ring (bicyclic) bond motifs is 1. The van der Waals surface area contributed by atoms with Gasteiger partial charge >= 0.3 is 5.97 Å². The first-order chi connectivity index (χ1) is 15.1. The lowest BCUT2D eigenvalue weighted by atomic mass is 10.0. The molecule has 160 valence electrons. The minimum Gasteiger partial charge on any atom is -0.462 e. The average Bonchev–Trinajstić information content (AvgIpc) is 2.80. The largest absolute Gasteiger partial charge is 0.462 e. The standard InChI is InChI=1S/C25H27N3O2S/c1-2-30-24(29)20-10-12-22(13-11-20)26-25(31)28-16-14-27(15-17-28)18-21-8-5-7-19-6-3-4-9-23(19)21/h3-13H,2,14-18H2,1H3,(H,26,31). The van der Waals surface area contributed by atoms with Crippen molar-refractivity contribution in [2.45, 2.75) is 13.5 Å². The molecule has 0 amide bonds. The number of hydrogen-bond donors (Lipinski definition) is 1. The van der Waals surface area contributed by atoms with Crippen LogP contribution in [-0.4, -0.2) is 53.7 Å². The van der Waals surface area contributed by atoms with Gasteiger partial charge in [-0.1, -0.05) is 42.5 Å². The lowest BCUT2D eigenvalue weighted by Gasteiger charge is -2.36. The Morgan fingerprint density at radius 1 is 0.968 bits per heavy atom. The number of thiocarbonyl (C=S) groups is 1. The quantitative estimate of drug-likeness (QED) is 0.471. The fourth-order valence-corrected chi connectivity index (χ4v) is 4.19. The lowest BCUT2D eigenvalue weighted by Crippen LogP contribution is -2.49. The van der Waals surface area contributed by atoms with E-state index in [-0.39, 0.29) is 5.97 Å². The van der Waals surface area contributed by atoms with Gasteiger partial charge in [0.1, 0.15) is 0 Å². The molecule has 1 saturated heterocycles. The zero-order chi connectivity index (χ0) is 21.6. The van der Waals surface area contributed by atoms with Crippen molar-refractivity contribution in [3.05, 3.63) is 77.9 Å². The molecule has 1 heterocycles. The molecule has 0 aliphatic carbocycles. The molecule has 0 unspecified atom stereocenters. The van der Waals surface area contributed by atoms with Crippen molar-refractivity contribution in [2.24, 2.45) is 0 Å². The Hall–Kier alpha value is -2.96. The molecule has 0 spiro atoms. The summed E-state index contributed by atoms with van der Waals surface area (Å²) in [5, 5.41) is 6.62. The molecule has 3 aromatic carbocycles. The van der Waals surface area contributed by atoms with Crippen molar-refractivity contribution in [2.75, 3.05) is 38.1 Å². The van der Waals surface area contributed by atoms with Gasteiger partial charge in [-0.25, -0.2) is 4.79 Å². The fraction of sp³-hybridized carbons (Fsp3) is 0.280. The van der Waals surface area contributed by atoms with Crippen LogP contribution in [0.3, 0.4) is 0 Å². The Labute approximate surface area is 188 Å². The van der Waals surface area contributed by atoms with E-state index in [9.17, 15) is 4.79 Å². The van der Waals surface area contributed by atoms with E-state index in [1.54, 1.807) is 19.1 Å². The molecular formula is C25H27N3O2S. The SMILES string of the molecule is CCOC(=O)c1ccc(NC(=S)N2CCN(Cc3cccc4ccccc34)CC2)cc1. The highest BCUT2D eigenvalue weighted by Gasteiger charge is 2.19. The van der Waals surface area contributed by atoms with Gasteiger partial charge in [0.15, 0.2) is 5.11 Å². The number of carbonyl (C=O) groups excluding carboxylic acids is 1. The zero-order valence-corrected chi connectivity index (χ0v) is 18.5. The summed E-state index contributed by atoms with van der Waals surface area (Å²) >= 11 is 5.62. The normalized spacial score (nSPS) is 14.4. The van der Waals surface area contributed by atoms with Crippen LogP contribution in [0.15, 0.2) is 66.7 Å². The lowest BCUT2D eigenvalue weighted by molar-refractivity contribution is 0.0526. The number of nitrogens with zero attached hydrogens (tertiary/aromatic N) is 2. The van der Waals surface area contributed by atoms with Crippen molar-refractivity contribution < 1.29 is 9.53 Å². The van der Waals surface area contributed by atoms with Gasteiger partial charge in [0.2, 0.25) is 0 Å². The molecular weight excluding hydrogens is 406 g/mol. The summed E-state index contributed by atoms with van der Waals surface area (Å²) in [4.78, 5) is 16.5. The Morgan fingerprint density at radius 3 is 2.42 bits per heavy atom. The molecule has 1 aliphatic heterocycles. The maximum Gasteiger partial charge on any atom is 0.338 e. The summed E-state index contributed by atoms with van der Waals surface area (Å²) in [6.07, 6.45) is 0. The van der Waals surface area contributed by atoms with Gasteiger partial charge in [0, 0.05) is 38.4 Å². The van der Waals surface area contributed by atoms with Gasteiger partial charge in [0.05, 0.1) is 12.2 Å². The van der Waals surface area contributed by atoms with Crippen molar-refractivity contribution in [3.63, 3.8) is 0 Å². The van der Waals surface area contributed by atoms with Crippen LogP contribution < -0.4 is 5.32 Å². The smallest absolute Gasteiger partial charge is 0.338 e. The van der Waals surface area contributed by atoms with Gasteiger partial charge in [-0.3, -0.25) is 4.90 Å². The van der Waals surface area contributed by atoms with Crippen LogP contribution in [0, 0.1) is 0 Å². The number of benzene rings is 3. The minimum atomic E-state index is -0.307. The molecule has 1 fully saturated rings. The topological polar surface area (TPSA) is 44.8 Å². The second-order valence-electron chi connectivity index (χ2n) is 7.63. The van der Waals surface area contributed by atoms with Crippen LogP contribution in [0.2, 0.25) is 0 Å². The maximum atomic E-state index is 11.8. The molecule has 0 bridgehead atoms. The summed E-state index contributed by atoms with van der Waals surface area (Å²) in [7, 11) is 0. The Balaban J connectivity index is 1.30. The fourth-order valence-electron chi connectivity index (χ4n) is 3.89. The third kappa shape index (κ3) is 5.21. The van der Waals surface area contributed by atoms with Gasteiger partial charge < -0.3 is 15.0 Å². The van der Waals surface area contributed by atoms with Gasteiger partial charge in [-0.05, 0) is 59.7 Å². The Kier molecular flexibility index (Phi) is 6.79. The second-order valence-corrected chi connectivity index (χ2v) is 8.02. The summed E-state index contributed by atoms with van der Waals surface area (Å²) < 4.78 is 5.02. The highest BCUT2D eigenvalue weighted by molar-refractivity contribution is 7.80. The van der Waals surface area contributed by atoms with Crippen LogP contribution in [-0.2, 0) is 11.3 Å². The first-order valence-corrected chi connectivity index (χ1v) is 11.1. The van der Waals surface area contributed by atoms with E-state index < -0.39 is 0 Å². The molecule has 6 heteroatoms. The van der Waals surface area contributed by atoms with E-state index in [2.05, 4.69) is 57.6 Å². The molecule has 1 aliphatic rings. The Bertz CT molecular complexity index is 1050. The van der Waals surface area contributed by atoms with E-state index in [4.69, 9.17) is 17.0 Å². The van der Waals surface area contributed by atoms with Crippen LogP contribution in [0.25, 0.3) is 10.8 Å². The highest BCUT2D eigenvalue weighted by Crippen LogP contribution is 2.21. The van der Waals surface area contributed by atoms with Crippen LogP contribution in [0.4, 0.5) is 5.69 Å². The minimum absolute atomic E-state index is 0.307. The number of carbonyl (C=O) groups is 1. The van der Waals surface area contributed by atoms with Crippen molar-refractivity contribution in [1.29, 1.82) is 0 Å². The number of nitrogens with one attached hydrogen (secondary N) is 1. The molecule has 0 saturated carbocycles. The summed E-state index contributed by atoms with van der Waals surface area (Å²) in [6, 6.07) is 22.3. The van der Waals surface area contributed by atoms with Crippen LogP contribution in [0.1, 0.15) is 22.8 Å². The number of anilines is 1. The number of esters is 1. The van der Waals surface area contributed by atoms with E-state index in [0.717, 1.165) is 38.4 Å². The number of rotatable bonds is 5. The van der Waals surface area contributed by atoms with Crippen LogP contribution >= 0.6 is 12.2 Å². The number of hydrogen-bond acceptors (Lipinski definition) is 4. The zero-order valence-electron chi connectivity index (χ0n) is 17.7.